The summed E-state index contributed by atoms with van der Waals surface area (Å²) < 4.78 is 4.65. The fraction of sp³-hybridized carbons (Fsp3) is 1.00. The predicted molar refractivity (Wildman–Crippen MR) is 69.7 cm³/mol. The first kappa shape index (κ1) is 16.4. The van der Waals surface area contributed by atoms with Gasteiger partial charge in [0, 0.05) is 6.54 Å². The molecule has 98 valence electrons. The fourth-order valence-electron chi connectivity index (χ4n) is 1.29. The van der Waals surface area contributed by atoms with E-state index in [2.05, 4.69) is 21.6 Å². The fourth-order valence-corrected chi connectivity index (χ4v) is 1.84. The second-order valence-corrected chi connectivity index (χ2v) is 6.30. The largest absolute Gasteiger partial charge is 0.330 e. The molecule has 0 heterocycles. The van der Waals surface area contributed by atoms with Crippen LogP contribution in [0.5, 0.6) is 0 Å². The molecular weight excluding hydrogens is 247 g/mol. The summed E-state index contributed by atoms with van der Waals surface area (Å²) in [6.07, 6.45) is 5.86. The summed E-state index contributed by atoms with van der Waals surface area (Å²) in [5.41, 5.74) is 5.39. The van der Waals surface area contributed by atoms with Gasteiger partial charge in [-0.15, -0.1) is 0 Å². The van der Waals surface area contributed by atoms with Gasteiger partial charge in [-0.2, -0.15) is 0 Å². The van der Waals surface area contributed by atoms with Crippen LogP contribution in [-0.4, -0.2) is 36.0 Å². The van der Waals surface area contributed by atoms with E-state index in [1.165, 1.54) is 19.3 Å². The molecule has 0 aromatic carbocycles. The molecule has 0 bridgehead atoms. The summed E-state index contributed by atoms with van der Waals surface area (Å²) in [4.78, 5) is 17.5. The van der Waals surface area contributed by atoms with Gasteiger partial charge < -0.3 is 25.4 Å². The van der Waals surface area contributed by atoms with E-state index in [-0.39, 0.29) is 6.61 Å². The number of rotatable bonds is 11. The number of nitrogens with one attached hydrogen (secondary N) is 1. The van der Waals surface area contributed by atoms with E-state index in [0.717, 1.165) is 25.9 Å². The lowest BCUT2D eigenvalue weighted by molar-refractivity contribution is 0.251. The minimum absolute atomic E-state index is 0.247. The molecule has 0 spiro atoms. The maximum absolute atomic E-state index is 8.76. The van der Waals surface area contributed by atoms with Gasteiger partial charge in [-0.25, -0.2) is 0 Å². The summed E-state index contributed by atoms with van der Waals surface area (Å²) in [5, 5.41) is 3.15. The third-order valence-electron chi connectivity index (χ3n) is 2.10. The lowest BCUT2D eigenvalue weighted by atomic mass is 10.1. The molecule has 0 aliphatic rings. The number of unbranched alkanes of at least 4 members (excludes halogenated alkanes) is 4. The van der Waals surface area contributed by atoms with Crippen LogP contribution in [0.4, 0.5) is 0 Å². The molecular formula is C9H23N2O3PS. The lowest BCUT2D eigenvalue weighted by Gasteiger charge is -2.08. The summed E-state index contributed by atoms with van der Waals surface area (Å²) in [6.45, 7) is -0.907. The van der Waals surface area contributed by atoms with Gasteiger partial charge in [0.15, 0.2) is 0 Å². The molecule has 7 heteroatoms. The van der Waals surface area contributed by atoms with Crippen LogP contribution in [-0.2, 0) is 16.3 Å². The quantitative estimate of drug-likeness (QED) is 0.327. The highest BCUT2D eigenvalue weighted by atomic mass is 32.5. The maximum Gasteiger partial charge on any atom is 0.321 e. The third-order valence-corrected chi connectivity index (χ3v) is 2.93. The van der Waals surface area contributed by atoms with Crippen molar-refractivity contribution in [2.75, 3.05) is 26.2 Å². The van der Waals surface area contributed by atoms with Crippen LogP contribution in [0, 0.1) is 0 Å². The van der Waals surface area contributed by atoms with Crippen LogP contribution in [0.2, 0.25) is 0 Å². The smallest absolute Gasteiger partial charge is 0.321 e. The first-order chi connectivity index (χ1) is 7.56. The van der Waals surface area contributed by atoms with E-state index in [9.17, 15) is 0 Å². The van der Waals surface area contributed by atoms with Gasteiger partial charge in [0.1, 0.15) is 0 Å². The van der Waals surface area contributed by atoms with Crippen molar-refractivity contribution in [1.82, 2.24) is 5.32 Å². The van der Waals surface area contributed by atoms with Crippen molar-refractivity contribution < 1.29 is 14.3 Å². The highest BCUT2D eigenvalue weighted by Crippen LogP contribution is 2.35. The van der Waals surface area contributed by atoms with Crippen molar-refractivity contribution in [2.45, 2.75) is 32.1 Å². The summed E-state index contributed by atoms with van der Waals surface area (Å²) in [5.74, 6) is 0. The molecule has 0 rings (SSSR count). The summed E-state index contributed by atoms with van der Waals surface area (Å²) >= 11 is 4.31. The van der Waals surface area contributed by atoms with Gasteiger partial charge in [-0.1, -0.05) is 19.3 Å². The monoisotopic (exact) mass is 270 g/mol. The van der Waals surface area contributed by atoms with Crippen LogP contribution < -0.4 is 11.1 Å². The SMILES string of the molecule is NCCCCCCCNCCOP(O)(O)=S. The molecule has 0 aliphatic heterocycles. The highest BCUT2D eigenvalue weighted by Gasteiger charge is 2.05. The minimum atomic E-state index is -3.46. The van der Waals surface area contributed by atoms with Gasteiger partial charge in [-0.3, -0.25) is 0 Å². The van der Waals surface area contributed by atoms with Gasteiger partial charge in [-0.05, 0) is 37.7 Å². The molecule has 5 nitrogen and oxygen atoms in total. The van der Waals surface area contributed by atoms with Crippen LogP contribution in [0.1, 0.15) is 32.1 Å². The predicted octanol–water partition coefficient (Wildman–Crippen LogP) is 0.711. The minimum Gasteiger partial charge on any atom is -0.330 e. The molecule has 0 saturated heterocycles. The van der Waals surface area contributed by atoms with Crippen LogP contribution in [0.3, 0.4) is 0 Å². The number of hydrogen-bond donors (Lipinski definition) is 4. The standard InChI is InChI=1S/C9H23N2O3PS/c10-6-4-2-1-3-5-7-11-8-9-14-15(12,13)16/h11H,1-10H2,(H2,12,13,16). The molecule has 0 amide bonds. The van der Waals surface area contributed by atoms with Crippen molar-refractivity contribution in [3.63, 3.8) is 0 Å². The molecule has 0 fully saturated rings. The van der Waals surface area contributed by atoms with E-state index in [1.807, 2.05) is 0 Å². The van der Waals surface area contributed by atoms with Crippen LogP contribution in [0.15, 0.2) is 0 Å². The Morgan fingerprint density at radius 2 is 1.69 bits per heavy atom. The first-order valence-electron chi connectivity index (χ1n) is 5.67. The summed E-state index contributed by atoms with van der Waals surface area (Å²) in [7, 11) is 0. The van der Waals surface area contributed by atoms with Gasteiger partial charge >= 0.3 is 6.72 Å². The second kappa shape index (κ2) is 10.6. The molecule has 0 atom stereocenters. The molecule has 5 N–H and O–H groups in total. The Labute approximate surface area is 103 Å². The Hall–Kier alpha value is 0.450. The first-order valence-corrected chi connectivity index (χ1v) is 8.29. The molecule has 16 heavy (non-hydrogen) atoms. The lowest BCUT2D eigenvalue weighted by Crippen LogP contribution is -2.20. The zero-order chi connectivity index (χ0) is 12.3. The van der Waals surface area contributed by atoms with E-state index in [1.54, 1.807) is 0 Å². The molecule has 0 saturated carbocycles. The summed E-state index contributed by atoms with van der Waals surface area (Å²) in [6, 6.07) is 0. The van der Waals surface area contributed by atoms with Crippen molar-refractivity contribution in [1.29, 1.82) is 0 Å². The highest BCUT2D eigenvalue weighted by molar-refractivity contribution is 8.06. The Bertz CT molecular complexity index is 201. The van der Waals surface area contributed by atoms with Gasteiger partial charge in [0.2, 0.25) is 0 Å². The Morgan fingerprint density at radius 1 is 1.06 bits per heavy atom. The zero-order valence-corrected chi connectivity index (χ0v) is 11.3. The molecule has 0 unspecified atom stereocenters. The zero-order valence-electron chi connectivity index (χ0n) is 9.60. The van der Waals surface area contributed by atoms with E-state index >= 15 is 0 Å². The van der Waals surface area contributed by atoms with Gasteiger partial charge in [0.05, 0.1) is 6.61 Å². The van der Waals surface area contributed by atoms with Gasteiger partial charge in [0.25, 0.3) is 0 Å². The topological polar surface area (TPSA) is 87.7 Å². The van der Waals surface area contributed by atoms with E-state index in [4.69, 9.17) is 15.5 Å². The molecule has 0 aliphatic carbocycles. The maximum atomic E-state index is 8.76. The normalized spacial score (nSPS) is 11.9. The van der Waals surface area contributed by atoms with Crippen molar-refractivity contribution in [2.24, 2.45) is 5.73 Å². The van der Waals surface area contributed by atoms with Crippen molar-refractivity contribution in [3.05, 3.63) is 0 Å². The molecule has 0 aromatic rings. The van der Waals surface area contributed by atoms with E-state index < -0.39 is 6.72 Å². The van der Waals surface area contributed by atoms with E-state index in [0.29, 0.717) is 6.54 Å². The van der Waals surface area contributed by atoms with Crippen molar-refractivity contribution >= 4 is 18.5 Å². The van der Waals surface area contributed by atoms with Crippen molar-refractivity contribution in [3.8, 4) is 0 Å². The average Bonchev–Trinajstić information content (AvgIpc) is 2.19. The van der Waals surface area contributed by atoms with Crippen LogP contribution in [0.25, 0.3) is 0 Å². The Morgan fingerprint density at radius 3 is 2.31 bits per heavy atom. The van der Waals surface area contributed by atoms with Crippen LogP contribution >= 0.6 is 6.72 Å². The second-order valence-electron chi connectivity index (χ2n) is 3.63. The Kier molecular flexibility index (Phi) is 10.9. The number of nitrogens with two attached hydrogens (primary N) is 1. The average molecular weight is 270 g/mol. The molecule has 0 aromatic heterocycles. The molecule has 0 radical (unpaired) electrons. The Balaban J connectivity index is 3.02. The number of hydrogen-bond acceptors (Lipinski definition) is 4. The third kappa shape index (κ3) is 14.5.